The molecule has 5 heteroatoms. The van der Waals surface area contributed by atoms with E-state index in [1.54, 1.807) is 7.11 Å². The van der Waals surface area contributed by atoms with Crippen LogP contribution in [0, 0.1) is 0 Å². The number of nitrogens with zero attached hydrogens (tertiary/aromatic N) is 2. The van der Waals surface area contributed by atoms with Gasteiger partial charge < -0.3 is 14.7 Å². The number of hydrogen-bond acceptors (Lipinski definition) is 4. The summed E-state index contributed by atoms with van der Waals surface area (Å²) in [5.74, 6) is 0.0997. The van der Waals surface area contributed by atoms with Crippen LogP contribution in [0.3, 0.4) is 0 Å². The zero-order valence-corrected chi connectivity index (χ0v) is 23.9. The predicted molar refractivity (Wildman–Crippen MR) is 162 cm³/mol. The zero-order valence-electron chi connectivity index (χ0n) is 22.3. The summed E-state index contributed by atoms with van der Waals surface area (Å²) in [5, 5.41) is 13.9. The van der Waals surface area contributed by atoms with Gasteiger partial charge in [0, 0.05) is 34.4 Å². The van der Waals surface area contributed by atoms with E-state index in [0.29, 0.717) is 18.8 Å². The Hall–Kier alpha value is -3.51. The number of fused-ring (bicyclic) bond motifs is 1. The molecular weight excluding hydrogens is 548 g/mol. The first-order valence-electron chi connectivity index (χ1n) is 13.2. The Morgan fingerprint density at radius 1 is 0.872 bits per heavy atom. The van der Waals surface area contributed by atoms with Crippen molar-refractivity contribution >= 4 is 26.8 Å². The molecule has 1 N–H and O–H groups in total. The van der Waals surface area contributed by atoms with Gasteiger partial charge in [0.1, 0.15) is 5.60 Å². The van der Waals surface area contributed by atoms with E-state index in [0.717, 1.165) is 38.6 Å². The summed E-state index contributed by atoms with van der Waals surface area (Å²) in [6.45, 7) is 1.50. The highest BCUT2D eigenvalue weighted by Gasteiger charge is 2.42. The third kappa shape index (κ3) is 6.06. The fraction of sp³-hybridized carbons (Fsp3) is 0.206. The van der Waals surface area contributed by atoms with Crippen LogP contribution in [0.25, 0.3) is 10.9 Å². The maximum Gasteiger partial charge on any atom is 0.217 e. The van der Waals surface area contributed by atoms with Crippen molar-refractivity contribution in [2.45, 2.75) is 24.5 Å². The van der Waals surface area contributed by atoms with Gasteiger partial charge >= 0.3 is 0 Å². The first-order valence-corrected chi connectivity index (χ1v) is 14.0. The molecule has 0 aliphatic rings. The van der Waals surface area contributed by atoms with Crippen molar-refractivity contribution in [3.05, 3.63) is 142 Å². The Bertz CT molecular complexity index is 1510. The van der Waals surface area contributed by atoms with E-state index in [1.165, 1.54) is 5.56 Å². The van der Waals surface area contributed by atoms with Gasteiger partial charge in [0.2, 0.25) is 5.88 Å². The molecule has 0 saturated carbocycles. The number of aromatic nitrogens is 1. The van der Waals surface area contributed by atoms with Crippen LogP contribution in [0.5, 0.6) is 5.88 Å². The molecule has 4 nitrogen and oxygen atoms in total. The van der Waals surface area contributed by atoms with Crippen LogP contribution in [-0.2, 0) is 12.1 Å². The second-order valence-electron chi connectivity index (χ2n) is 10.0. The van der Waals surface area contributed by atoms with Gasteiger partial charge in [-0.2, -0.15) is 0 Å². The lowest BCUT2D eigenvalue weighted by Gasteiger charge is -2.39. The number of ether oxygens (including phenoxy) is 1. The van der Waals surface area contributed by atoms with Crippen molar-refractivity contribution in [1.29, 1.82) is 0 Å². The minimum atomic E-state index is -1.23. The molecular formula is C34H33BrN2O2. The molecule has 1 aromatic heterocycles. The molecule has 5 aromatic rings. The number of pyridine rings is 1. The summed E-state index contributed by atoms with van der Waals surface area (Å²) in [4.78, 5) is 7.14. The Balaban J connectivity index is 1.63. The SMILES string of the molecule is COc1nc2ccc(Br)cc2cc1C(c1ccccc1)C(O)(CCN(C)Cc1ccccc1)c1ccccc1. The van der Waals surface area contributed by atoms with Crippen LogP contribution in [0.2, 0.25) is 0 Å². The molecule has 0 radical (unpaired) electrons. The summed E-state index contributed by atoms with van der Waals surface area (Å²) in [7, 11) is 3.75. The molecule has 5 rings (SSSR count). The average molecular weight is 582 g/mol. The largest absolute Gasteiger partial charge is 0.481 e. The van der Waals surface area contributed by atoms with E-state index in [4.69, 9.17) is 9.72 Å². The standard InChI is InChI=1S/C34H33BrN2O2/c1-37(24-25-12-6-3-7-13-25)21-20-34(38,28-16-10-5-11-17-28)32(26-14-8-4-9-15-26)30-23-27-22-29(35)18-19-31(27)36-33(30)39-2/h3-19,22-23,32,38H,20-21,24H2,1-2H3. The second-order valence-corrected chi connectivity index (χ2v) is 10.9. The fourth-order valence-electron chi connectivity index (χ4n) is 5.39. The maximum absolute atomic E-state index is 12.9. The molecule has 4 aromatic carbocycles. The van der Waals surface area contributed by atoms with Crippen LogP contribution in [0.15, 0.2) is 120 Å². The summed E-state index contributed by atoms with van der Waals surface area (Å²) < 4.78 is 6.85. The molecule has 2 unspecified atom stereocenters. The van der Waals surface area contributed by atoms with Crippen LogP contribution in [-0.4, -0.2) is 35.7 Å². The summed E-state index contributed by atoms with van der Waals surface area (Å²) in [6.07, 6.45) is 0.513. The van der Waals surface area contributed by atoms with Gasteiger partial charge in [-0.25, -0.2) is 4.98 Å². The van der Waals surface area contributed by atoms with Crippen LogP contribution >= 0.6 is 15.9 Å². The molecule has 198 valence electrons. The first kappa shape index (κ1) is 27.1. The highest BCUT2D eigenvalue weighted by Crippen LogP contribution is 2.47. The molecule has 0 fully saturated rings. The van der Waals surface area contributed by atoms with Gasteiger partial charge in [-0.1, -0.05) is 107 Å². The van der Waals surface area contributed by atoms with E-state index in [1.807, 2.05) is 66.7 Å². The monoisotopic (exact) mass is 580 g/mol. The second kappa shape index (κ2) is 12.1. The Labute approximate surface area is 239 Å². The number of hydrogen-bond donors (Lipinski definition) is 1. The fourth-order valence-corrected chi connectivity index (χ4v) is 5.77. The van der Waals surface area contributed by atoms with Crippen LogP contribution in [0.4, 0.5) is 0 Å². The molecule has 2 atom stereocenters. The van der Waals surface area contributed by atoms with Gasteiger partial charge in [0.25, 0.3) is 0 Å². The quantitative estimate of drug-likeness (QED) is 0.185. The lowest BCUT2D eigenvalue weighted by Crippen LogP contribution is -2.38. The van der Waals surface area contributed by atoms with Gasteiger partial charge in [-0.15, -0.1) is 0 Å². The molecule has 0 aliphatic heterocycles. The number of halogens is 1. The Morgan fingerprint density at radius 3 is 2.18 bits per heavy atom. The zero-order chi connectivity index (χ0) is 27.2. The van der Waals surface area contributed by atoms with Crippen LogP contribution < -0.4 is 4.74 Å². The third-order valence-electron chi connectivity index (χ3n) is 7.33. The molecule has 0 bridgehead atoms. The van der Waals surface area contributed by atoms with E-state index in [9.17, 15) is 5.11 Å². The van der Waals surface area contributed by atoms with Crippen molar-refractivity contribution < 1.29 is 9.84 Å². The highest BCUT2D eigenvalue weighted by molar-refractivity contribution is 9.10. The molecule has 0 saturated heterocycles. The Morgan fingerprint density at radius 2 is 1.51 bits per heavy atom. The highest BCUT2D eigenvalue weighted by atomic mass is 79.9. The Kier molecular flexibility index (Phi) is 8.41. The summed E-state index contributed by atoms with van der Waals surface area (Å²) in [5.41, 5.74) is 3.58. The molecule has 0 aliphatic carbocycles. The molecule has 0 amide bonds. The van der Waals surface area contributed by atoms with E-state index >= 15 is 0 Å². The molecule has 39 heavy (non-hydrogen) atoms. The third-order valence-corrected chi connectivity index (χ3v) is 7.82. The predicted octanol–water partition coefficient (Wildman–Crippen LogP) is 7.55. The van der Waals surface area contributed by atoms with Crippen molar-refractivity contribution in [3.8, 4) is 5.88 Å². The first-order chi connectivity index (χ1) is 19.0. The van der Waals surface area contributed by atoms with Crippen molar-refractivity contribution in [2.75, 3.05) is 20.7 Å². The normalized spacial score (nSPS) is 13.8. The average Bonchev–Trinajstić information content (AvgIpc) is 2.97. The van der Waals surface area contributed by atoms with Gasteiger partial charge in [-0.05, 0) is 54.4 Å². The van der Waals surface area contributed by atoms with Crippen LogP contribution in [0.1, 0.15) is 34.6 Å². The number of benzene rings is 4. The topological polar surface area (TPSA) is 45.6 Å². The van der Waals surface area contributed by atoms with Crippen molar-refractivity contribution in [2.24, 2.45) is 0 Å². The summed E-state index contributed by atoms with van der Waals surface area (Å²) >= 11 is 3.60. The molecule has 0 spiro atoms. The molecule has 1 heterocycles. The lowest BCUT2D eigenvalue weighted by molar-refractivity contribution is 0.00170. The van der Waals surface area contributed by atoms with E-state index < -0.39 is 11.5 Å². The van der Waals surface area contributed by atoms with Gasteiger partial charge in [-0.3, -0.25) is 0 Å². The summed E-state index contributed by atoms with van der Waals surface area (Å²) in [6, 6.07) is 38.8. The van der Waals surface area contributed by atoms with E-state index in [-0.39, 0.29) is 0 Å². The number of rotatable bonds is 10. The number of methoxy groups -OCH3 is 1. The van der Waals surface area contributed by atoms with Gasteiger partial charge in [0.15, 0.2) is 0 Å². The smallest absolute Gasteiger partial charge is 0.217 e. The minimum Gasteiger partial charge on any atom is -0.481 e. The van der Waals surface area contributed by atoms with E-state index in [2.05, 4.69) is 76.4 Å². The lowest BCUT2D eigenvalue weighted by atomic mass is 9.71. The van der Waals surface area contributed by atoms with Crippen molar-refractivity contribution in [1.82, 2.24) is 9.88 Å². The van der Waals surface area contributed by atoms with Gasteiger partial charge in [0.05, 0.1) is 12.6 Å². The number of aliphatic hydroxyl groups is 1. The minimum absolute atomic E-state index is 0.419. The van der Waals surface area contributed by atoms with Crippen molar-refractivity contribution in [3.63, 3.8) is 0 Å². The maximum atomic E-state index is 12.9.